The molecule has 0 aliphatic rings. The van der Waals surface area contributed by atoms with Crippen LogP contribution in [0.3, 0.4) is 0 Å². The van der Waals surface area contributed by atoms with Crippen LogP contribution in [0.4, 0.5) is 0 Å². The molecule has 0 fully saturated rings. The number of carbonyl (C=O) groups is 1. The van der Waals surface area contributed by atoms with Crippen LogP contribution in [0.15, 0.2) is 0 Å². The molecule has 0 aromatic heterocycles. The fraction of sp³-hybridized carbons (Fsp3) is 0.929. The molecule has 0 aliphatic carbocycles. The van der Waals surface area contributed by atoms with Gasteiger partial charge in [0.2, 0.25) is 0 Å². The molecule has 4 heteroatoms. The summed E-state index contributed by atoms with van der Waals surface area (Å²) in [5.41, 5.74) is 5.58. The molecule has 0 aromatic carbocycles. The van der Waals surface area contributed by atoms with E-state index >= 15 is 0 Å². The Kier molecular flexibility index (Phi) is 14.0. The summed E-state index contributed by atoms with van der Waals surface area (Å²) in [5, 5.41) is 8.39. The maximum atomic E-state index is 10.2. The molecule has 0 aromatic rings. The van der Waals surface area contributed by atoms with E-state index in [2.05, 4.69) is 17.8 Å². The number of unbranched alkanes of at least 4 members (excludes halogenated alkanes) is 9. The highest BCUT2D eigenvalue weighted by Gasteiger charge is 1.94. The maximum absolute atomic E-state index is 10.2. The van der Waals surface area contributed by atoms with Crippen molar-refractivity contribution in [3.8, 4) is 0 Å². The molecule has 18 heavy (non-hydrogen) atoms. The molecule has 0 heterocycles. The Balaban J connectivity index is 2.92. The van der Waals surface area contributed by atoms with Crippen molar-refractivity contribution in [3.05, 3.63) is 0 Å². The second-order valence-corrected chi connectivity index (χ2v) is 4.86. The maximum Gasteiger partial charge on any atom is 0.318 e. The number of aliphatic carboxylic acids is 1. The minimum absolute atomic E-state index is 0.0161. The fourth-order valence-electron chi connectivity index (χ4n) is 1.93. The second kappa shape index (κ2) is 14.5. The van der Waals surface area contributed by atoms with Crippen molar-refractivity contribution >= 4 is 5.97 Å². The third kappa shape index (κ3) is 15.4. The highest BCUT2D eigenvalue weighted by Crippen LogP contribution is 2.09. The second-order valence-electron chi connectivity index (χ2n) is 4.86. The van der Waals surface area contributed by atoms with Crippen LogP contribution in [-0.4, -0.2) is 24.2 Å². The van der Waals surface area contributed by atoms with Gasteiger partial charge < -0.3 is 5.11 Å². The Morgan fingerprint density at radius 3 is 1.83 bits per heavy atom. The Bertz CT molecular complexity index is 187. The van der Waals surface area contributed by atoms with Crippen LogP contribution < -0.4 is 10.9 Å². The summed E-state index contributed by atoms with van der Waals surface area (Å²) in [7, 11) is 0. The highest BCUT2D eigenvalue weighted by molar-refractivity contribution is 5.68. The van der Waals surface area contributed by atoms with Crippen molar-refractivity contribution in [3.63, 3.8) is 0 Å². The molecular formula is C14H30N2O2. The third-order valence-corrected chi connectivity index (χ3v) is 3.02. The first-order valence-corrected chi connectivity index (χ1v) is 7.45. The van der Waals surface area contributed by atoms with Gasteiger partial charge in [0.05, 0.1) is 0 Å². The van der Waals surface area contributed by atoms with E-state index in [9.17, 15) is 4.79 Å². The number of hydrogen-bond donors (Lipinski definition) is 3. The predicted octanol–water partition coefficient (Wildman–Crippen LogP) is 3.09. The van der Waals surface area contributed by atoms with Gasteiger partial charge in [0.25, 0.3) is 0 Å². The number of rotatable bonds is 14. The average Bonchev–Trinajstić information content (AvgIpc) is 2.34. The van der Waals surface area contributed by atoms with E-state index in [-0.39, 0.29) is 6.54 Å². The summed E-state index contributed by atoms with van der Waals surface area (Å²) in [4.78, 5) is 10.2. The summed E-state index contributed by atoms with van der Waals surface area (Å²) in [6.45, 7) is 3.08. The molecule has 0 amide bonds. The first kappa shape index (κ1) is 17.4. The normalized spacial score (nSPS) is 10.7. The molecular weight excluding hydrogens is 228 g/mol. The average molecular weight is 258 g/mol. The molecule has 108 valence electrons. The van der Waals surface area contributed by atoms with Gasteiger partial charge in [-0.25, -0.2) is 5.43 Å². The molecule has 0 spiro atoms. The van der Waals surface area contributed by atoms with E-state index in [1.807, 2.05) is 0 Å². The van der Waals surface area contributed by atoms with Gasteiger partial charge in [-0.15, -0.1) is 0 Å². The summed E-state index contributed by atoms with van der Waals surface area (Å²) in [6.07, 6.45) is 13.2. The van der Waals surface area contributed by atoms with Gasteiger partial charge >= 0.3 is 5.97 Å². The molecule has 0 atom stereocenters. The van der Waals surface area contributed by atoms with E-state index < -0.39 is 5.97 Å². The largest absolute Gasteiger partial charge is 0.480 e. The van der Waals surface area contributed by atoms with Gasteiger partial charge in [-0.05, 0) is 6.42 Å². The van der Waals surface area contributed by atoms with Crippen molar-refractivity contribution in [1.29, 1.82) is 0 Å². The van der Waals surface area contributed by atoms with Gasteiger partial charge in [-0.1, -0.05) is 64.7 Å². The van der Waals surface area contributed by atoms with E-state index in [1.54, 1.807) is 0 Å². The number of hydrazine groups is 1. The summed E-state index contributed by atoms with van der Waals surface area (Å²) >= 11 is 0. The van der Waals surface area contributed by atoms with Crippen LogP contribution in [0.1, 0.15) is 71.1 Å². The first-order chi connectivity index (χ1) is 8.77. The summed E-state index contributed by atoms with van der Waals surface area (Å²) in [5.74, 6) is -0.828. The Morgan fingerprint density at radius 1 is 0.833 bits per heavy atom. The fourth-order valence-corrected chi connectivity index (χ4v) is 1.93. The Labute approximate surface area is 112 Å². The topological polar surface area (TPSA) is 61.4 Å². The molecule has 4 nitrogen and oxygen atoms in total. The first-order valence-electron chi connectivity index (χ1n) is 7.45. The van der Waals surface area contributed by atoms with Crippen molar-refractivity contribution < 1.29 is 9.90 Å². The van der Waals surface area contributed by atoms with Gasteiger partial charge in [-0.3, -0.25) is 10.2 Å². The van der Waals surface area contributed by atoms with E-state index in [4.69, 9.17) is 5.11 Å². The van der Waals surface area contributed by atoms with E-state index in [0.29, 0.717) is 0 Å². The number of carboxylic acids is 1. The lowest BCUT2D eigenvalue weighted by molar-refractivity contribution is -0.136. The van der Waals surface area contributed by atoms with Gasteiger partial charge in [-0.2, -0.15) is 0 Å². The lowest BCUT2D eigenvalue weighted by Gasteiger charge is -2.04. The van der Waals surface area contributed by atoms with Gasteiger partial charge in [0.15, 0.2) is 0 Å². The van der Waals surface area contributed by atoms with Crippen molar-refractivity contribution in [2.24, 2.45) is 0 Å². The molecule has 0 rings (SSSR count). The zero-order chi connectivity index (χ0) is 13.5. The third-order valence-electron chi connectivity index (χ3n) is 3.02. The highest BCUT2D eigenvalue weighted by atomic mass is 16.4. The minimum Gasteiger partial charge on any atom is -0.480 e. The number of nitrogens with one attached hydrogen (secondary N) is 2. The quantitative estimate of drug-likeness (QED) is 0.331. The molecule has 0 bridgehead atoms. The lowest BCUT2D eigenvalue weighted by atomic mass is 10.1. The van der Waals surface area contributed by atoms with Crippen LogP contribution in [0.2, 0.25) is 0 Å². The van der Waals surface area contributed by atoms with Gasteiger partial charge in [0.1, 0.15) is 6.54 Å². The Morgan fingerprint density at radius 2 is 1.33 bits per heavy atom. The predicted molar refractivity (Wildman–Crippen MR) is 75.5 cm³/mol. The molecule has 0 radical (unpaired) electrons. The number of hydrogen-bond acceptors (Lipinski definition) is 3. The van der Waals surface area contributed by atoms with Crippen molar-refractivity contribution in [2.45, 2.75) is 71.1 Å². The molecule has 0 unspecified atom stereocenters. The van der Waals surface area contributed by atoms with E-state index in [0.717, 1.165) is 13.0 Å². The zero-order valence-corrected chi connectivity index (χ0v) is 11.8. The van der Waals surface area contributed by atoms with Crippen molar-refractivity contribution in [2.75, 3.05) is 13.1 Å². The van der Waals surface area contributed by atoms with Crippen LogP contribution in [0, 0.1) is 0 Å². The number of carboxylic acid groups (broad SMARTS) is 1. The van der Waals surface area contributed by atoms with Crippen LogP contribution in [-0.2, 0) is 4.79 Å². The minimum atomic E-state index is -0.828. The zero-order valence-electron chi connectivity index (χ0n) is 11.8. The SMILES string of the molecule is CCCCCCCCCCCCNNCC(=O)O. The van der Waals surface area contributed by atoms with E-state index in [1.165, 1.54) is 57.8 Å². The monoisotopic (exact) mass is 258 g/mol. The van der Waals surface area contributed by atoms with Crippen LogP contribution in [0.25, 0.3) is 0 Å². The van der Waals surface area contributed by atoms with Crippen LogP contribution >= 0.6 is 0 Å². The van der Waals surface area contributed by atoms with Gasteiger partial charge in [0, 0.05) is 6.54 Å². The smallest absolute Gasteiger partial charge is 0.318 e. The standard InChI is InChI=1S/C14H30N2O2/c1-2-3-4-5-6-7-8-9-10-11-12-15-16-13-14(17)18/h15-16H,2-13H2,1H3,(H,17,18). The molecule has 3 N–H and O–H groups in total. The summed E-state index contributed by atoms with van der Waals surface area (Å²) in [6, 6.07) is 0. The molecule has 0 saturated carbocycles. The van der Waals surface area contributed by atoms with Crippen LogP contribution in [0.5, 0.6) is 0 Å². The molecule has 0 aliphatic heterocycles. The lowest BCUT2D eigenvalue weighted by Crippen LogP contribution is -2.36. The van der Waals surface area contributed by atoms with Crippen molar-refractivity contribution in [1.82, 2.24) is 10.9 Å². The molecule has 0 saturated heterocycles. The summed E-state index contributed by atoms with van der Waals surface area (Å²) < 4.78 is 0. The Hall–Kier alpha value is -0.610.